The zero-order valence-corrected chi connectivity index (χ0v) is 29.6. The molecule has 0 spiro atoms. The van der Waals surface area contributed by atoms with Crippen LogP contribution >= 0.6 is 11.8 Å². The van der Waals surface area contributed by atoms with E-state index in [1.807, 2.05) is 12.3 Å². The molecule has 0 aliphatic heterocycles. The van der Waals surface area contributed by atoms with E-state index >= 15 is 0 Å². The number of phenols is 1. The molecule has 14 nitrogen and oxygen atoms in total. The van der Waals surface area contributed by atoms with E-state index in [4.69, 9.17) is 10.5 Å². The standard InChI is InChI=1S/C34H48N6O8S/c1-21(37-31(45)25(39-33(47)48-34(2,3)4)18-23-12-14-24(41)15-13-23)30(44)36-20-28(42)38-26(19-22-10-8-7-9-11-22)32(46)40(5)27(29(35)43)16-17-49-6/h7-15,21,25-27,41H,16-20H2,1-6H3,(H2,35,43)(H,36,44)(H,37,45)(H,38,42)(H,39,47)/t21-,25+,26+,27+/m1/s1. The Kier molecular flexibility index (Phi) is 15.9. The van der Waals surface area contributed by atoms with Gasteiger partial charge in [-0.2, -0.15) is 11.8 Å². The molecule has 0 bridgehead atoms. The van der Waals surface area contributed by atoms with Crippen LogP contribution in [0.4, 0.5) is 4.79 Å². The van der Waals surface area contributed by atoms with Crippen molar-refractivity contribution in [3.8, 4) is 5.75 Å². The summed E-state index contributed by atoms with van der Waals surface area (Å²) in [4.78, 5) is 78.6. The maximum atomic E-state index is 13.5. The number of nitrogens with two attached hydrogens (primary N) is 1. The number of benzene rings is 2. The van der Waals surface area contributed by atoms with Crippen molar-refractivity contribution >= 4 is 47.4 Å². The maximum Gasteiger partial charge on any atom is 0.408 e. The van der Waals surface area contributed by atoms with E-state index in [-0.39, 0.29) is 18.6 Å². The molecular formula is C34H48N6O8S. The molecule has 0 saturated heterocycles. The molecule has 0 aliphatic carbocycles. The van der Waals surface area contributed by atoms with Gasteiger partial charge < -0.3 is 41.7 Å². The first-order chi connectivity index (χ1) is 23.0. The molecule has 268 valence electrons. The molecule has 2 aromatic carbocycles. The smallest absolute Gasteiger partial charge is 0.408 e. The highest BCUT2D eigenvalue weighted by molar-refractivity contribution is 7.98. The van der Waals surface area contributed by atoms with E-state index in [2.05, 4.69) is 21.3 Å². The predicted molar refractivity (Wildman–Crippen MR) is 186 cm³/mol. The minimum Gasteiger partial charge on any atom is -0.508 e. The second-order valence-electron chi connectivity index (χ2n) is 12.5. The van der Waals surface area contributed by atoms with Crippen LogP contribution in [0.25, 0.3) is 0 Å². The molecule has 0 heterocycles. The summed E-state index contributed by atoms with van der Waals surface area (Å²) in [6, 6.07) is 10.9. The highest BCUT2D eigenvalue weighted by Gasteiger charge is 2.32. The summed E-state index contributed by atoms with van der Waals surface area (Å²) in [5.74, 6) is -2.62. The number of carbonyl (C=O) groups excluding carboxylic acids is 6. The first kappa shape index (κ1) is 40.4. The predicted octanol–water partition coefficient (Wildman–Crippen LogP) is 1.24. The van der Waals surface area contributed by atoms with Crippen molar-refractivity contribution in [2.45, 2.75) is 76.7 Å². The van der Waals surface area contributed by atoms with Crippen LogP contribution in [-0.2, 0) is 41.6 Å². The Hall–Kier alpha value is -4.79. The summed E-state index contributed by atoms with van der Waals surface area (Å²) in [5.41, 5.74) is 6.14. The van der Waals surface area contributed by atoms with Crippen molar-refractivity contribution in [3.63, 3.8) is 0 Å². The number of ether oxygens (including phenoxy) is 1. The van der Waals surface area contributed by atoms with Crippen LogP contribution in [0, 0.1) is 0 Å². The summed E-state index contributed by atoms with van der Waals surface area (Å²) >= 11 is 1.51. The van der Waals surface area contributed by atoms with E-state index in [0.717, 1.165) is 5.56 Å². The molecule has 7 N–H and O–H groups in total. The molecule has 0 unspecified atom stereocenters. The largest absolute Gasteiger partial charge is 0.508 e. The fourth-order valence-corrected chi connectivity index (χ4v) is 5.14. The van der Waals surface area contributed by atoms with Gasteiger partial charge in [-0.25, -0.2) is 4.79 Å². The van der Waals surface area contributed by atoms with E-state index < -0.39 is 71.9 Å². The van der Waals surface area contributed by atoms with Crippen LogP contribution in [0.1, 0.15) is 45.2 Å². The summed E-state index contributed by atoms with van der Waals surface area (Å²) in [5, 5.41) is 19.8. The second kappa shape index (κ2) is 19.3. The summed E-state index contributed by atoms with van der Waals surface area (Å²) in [7, 11) is 1.46. The van der Waals surface area contributed by atoms with Gasteiger partial charge in [0.05, 0.1) is 6.54 Å². The average Bonchev–Trinajstić information content (AvgIpc) is 3.03. The number of amides is 6. The zero-order chi connectivity index (χ0) is 36.7. The molecule has 0 aliphatic rings. The number of hydrogen-bond acceptors (Lipinski definition) is 9. The number of phenolic OH excluding ortho intramolecular Hbond substituents is 1. The van der Waals surface area contributed by atoms with Gasteiger partial charge >= 0.3 is 6.09 Å². The lowest BCUT2D eigenvalue weighted by Crippen LogP contribution is -2.56. The normalized spacial score (nSPS) is 13.5. The molecule has 49 heavy (non-hydrogen) atoms. The molecule has 4 atom stereocenters. The Morgan fingerprint density at radius 1 is 0.878 bits per heavy atom. The number of likely N-dealkylation sites (N-methyl/N-ethyl adjacent to an activating group) is 1. The minimum absolute atomic E-state index is 0.0290. The lowest BCUT2D eigenvalue weighted by atomic mass is 10.0. The fourth-order valence-electron chi connectivity index (χ4n) is 4.68. The van der Waals surface area contributed by atoms with Crippen molar-refractivity contribution in [3.05, 3.63) is 65.7 Å². The van der Waals surface area contributed by atoms with E-state index in [1.165, 1.54) is 42.8 Å². The van der Waals surface area contributed by atoms with Gasteiger partial charge in [-0.1, -0.05) is 42.5 Å². The Bertz CT molecular complexity index is 1430. The number of rotatable bonds is 17. The average molecular weight is 701 g/mol. The number of thioether (sulfide) groups is 1. The van der Waals surface area contributed by atoms with E-state index in [9.17, 15) is 33.9 Å². The third kappa shape index (κ3) is 14.5. The first-order valence-corrected chi connectivity index (χ1v) is 17.1. The molecule has 2 aromatic rings. The molecule has 6 amide bonds. The number of hydrogen-bond donors (Lipinski definition) is 6. The summed E-state index contributed by atoms with van der Waals surface area (Å²) in [6.07, 6.45) is 1.53. The number of alkyl carbamates (subject to hydrolysis) is 1. The van der Waals surface area contributed by atoms with Crippen LogP contribution in [0.2, 0.25) is 0 Å². The van der Waals surface area contributed by atoms with E-state index in [0.29, 0.717) is 17.7 Å². The van der Waals surface area contributed by atoms with E-state index in [1.54, 1.807) is 57.2 Å². The highest BCUT2D eigenvalue weighted by Crippen LogP contribution is 2.14. The fraction of sp³-hybridized carbons (Fsp3) is 0.471. The molecule has 0 aromatic heterocycles. The van der Waals surface area contributed by atoms with Gasteiger partial charge in [0.2, 0.25) is 29.5 Å². The van der Waals surface area contributed by atoms with Gasteiger partial charge in [0, 0.05) is 19.9 Å². The Morgan fingerprint density at radius 2 is 1.47 bits per heavy atom. The van der Waals surface area contributed by atoms with Crippen LogP contribution in [0.5, 0.6) is 5.75 Å². The van der Waals surface area contributed by atoms with Crippen molar-refractivity contribution in [2.24, 2.45) is 5.73 Å². The highest BCUT2D eigenvalue weighted by atomic mass is 32.2. The minimum atomic E-state index is -1.14. The molecule has 2 rings (SSSR count). The van der Waals surface area contributed by atoms with Gasteiger partial charge in [-0.05, 0) is 69.4 Å². The van der Waals surface area contributed by atoms with Gasteiger partial charge in [-0.15, -0.1) is 0 Å². The number of nitrogens with one attached hydrogen (secondary N) is 4. The maximum absolute atomic E-state index is 13.5. The van der Waals surface area contributed by atoms with Gasteiger partial charge in [0.1, 0.15) is 35.5 Å². The third-order valence-corrected chi connectivity index (χ3v) is 7.86. The molecule has 15 heteroatoms. The lowest BCUT2D eigenvalue weighted by molar-refractivity contribution is -0.141. The second-order valence-corrected chi connectivity index (χ2v) is 13.5. The molecular weight excluding hydrogens is 652 g/mol. The summed E-state index contributed by atoms with van der Waals surface area (Å²) in [6.45, 7) is 5.91. The van der Waals surface area contributed by atoms with Crippen molar-refractivity contribution < 1.29 is 38.6 Å². The molecule has 0 fully saturated rings. The first-order valence-electron chi connectivity index (χ1n) is 15.7. The number of nitrogens with zero attached hydrogens (tertiary/aromatic N) is 1. The third-order valence-electron chi connectivity index (χ3n) is 7.21. The Morgan fingerprint density at radius 3 is 2.04 bits per heavy atom. The van der Waals surface area contributed by atoms with Crippen molar-refractivity contribution in [2.75, 3.05) is 25.6 Å². The van der Waals surface area contributed by atoms with Crippen molar-refractivity contribution in [1.82, 2.24) is 26.2 Å². The van der Waals surface area contributed by atoms with Crippen LogP contribution in [0.15, 0.2) is 54.6 Å². The number of primary amides is 1. The SMILES string of the molecule is CSCC[C@@H](C(N)=O)N(C)C(=O)[C@H](Cc1ccccc1)NC(=O)CNC(=O)[C@@H](C)NC(=O)[C@H](Cc1ccc(O)cc1)NC(=O)OC(C)(C)C. The van der Waals surface area contributed by atoms with Gasteiger partial charge in [-0.3, -0.25) is 24.0 Å². The Labute approximate surface area is 291 Å². The number of aromatic hydroxyl groups is 1. The van der Waals surface area contributed by atoms with Crippen LogP contribution in [0.3, 0.4) is 0 Å². The Balaban J connectivity index is 2.09. The van der Waals surface area contributed by atoms with Crippen LogP contribution in [-0.4, -0.2) is 101 Å². The molecule has 0 saturated carbocycles. The van der Waals surface area contributed by atoms with Gasteiger partial charge in [0.15, 0.2) is 0 Å². The quantitative estimate of drug-likeness (QED) is 0.140. The van der Waals surface area contributed by atoms with Crippen LogP contribution < -0.4 is 27.0 Å². The lowest BCUT2D eigenvalue weighted by Gasteiger charge is -2.30. The topological polar surface area (TPSA) is 209 Å². The molecule has 0 radical (unpaired) electrons. The van der Waals surface area contributed by atoms with Gasteiger partial charge in [0.25, 0.3) is 0 Å². The monoisotopic (exact) mass is 700 g/mol. The van der Waals surface area contributed by atoms with Crippen molar-refractivity contribution in [1.29, 1.82) is 0 Å². The number of carbonyl (C=O) groups is 6. The summed E-state index contributed by atoms with van der Waals surface area (Å²) < 4.78 is 5.29. The zero-order valence-electron chi connectivity index (χ0n) is 28.8.